The highest BCUT2D eigenvalue weighted by atomic mass is 16.3. The average molecular weight is 191 g/mol. The van der Waals surface area contributed by atoms with Crippen LogP contribution in [0.4, 0.5) is 0 Å². The Balaban J connectivity index is 2.28. The molecule has 76 valence electrons. The Morgan fingerprint density at radius 3 is 2.86 bits per heavy atom. The molecule has 1 aliphatic rings. The number of benzene rings is 1. The Labute approximate surface area is 84.7 Å². The molecule has 14 heavy (non-hydrogen) atoms. The summed E-state index contributed by atoms with van der Waals surface area (Å²) in [5.74, 6) is 0.755. The van der Waals surface area contributed by atoms with E-state index in [0.717, 1.165) is 17.9 Å². The van der Waals surface area contributed by atoms with Gasteiger partial charge in [0.15, 0.2) is 0 Å². The molecular weight excluding hydrogens is 174 g/mol. The van der Waals surface area contributed by atoms with Crippen LogP contribution in [-0.4, -0.2) is 11.7 Å². The molecule has 0 fully saturated rings. The Morgan fingerprint density at radius 2 is 2.14 bits per heavy atom. The summed E-state index contributed by atoms with van der Waals surface area (Å²) in [7, 11) is 0. The molecule has 0 saturated heterocycles. The molecule has 2 heteroatoms. The minimum absolute atomic E-state index is 0.0222. The lowest BCUT2D eigenvalue weighted by molar-refractivity contribution is 0.268. The maximum atomic E-state index is 8.96. The van der Waals surface area contributed by atoms with Crippen molar-refractivity contribution in [2.75, 3.05) is 6.61 Å². The lowest BCUT2D eigenvalue weighted by Crippen LogP contribution is -2.14. The van der Waals surface area contributed by atoms with E-state index in [0.29, 0.717) is 0 Å². The number of nitrogens with two attached hydrogens (primary N) is 1. The predicted molar refractivity (Wildman–Crippen MR) is 57.0 cm³/mol. The van der Waals surface area contributed by atoms with E-state index in [-0.39, 0.29) is 12.6 Å². The molecular formula is C12H17NO. The van der Waals surface area contributed by atoms with Crippen LogP contribution in [0.2, 0.25) is 0 Å². The maximum Gasteiger partial charge on any atom is 0.0624 e. The Kier molecular flexibility index (Phi) is 2.57. The number of aliphatic hydroxyl groups is 1. The average Bonchev–Trinajstić information content (AvgIpc) is 2.55. The summed E-state index contributed by atoms with van der Waals surface area (Å²) >= 11 is 0. The normalized spacial score (nSPS) is 22.1. The lowest BCUT2D eigenvalue weighted by atomic mass is 10.0. The topological polar surface area (TPSA) is 46.2 Å². The third-order valence-corrected chi connectivity index (χ3v) is 2.99. The van der Waals surface area contributed by atoms with Crippen molar-refractivity contribution in [1.82, 2.24) is 0 Å². The molecule has 0 aromatic heterocycles. The Hall–Kier alpha value is -0.860. The first-order valence-electron chi connectivity index (χ1n) is 5.19. The van der Waals surface area contributed by atoms with Crippen molar-refractivity contribution in [2.45, 2.75) is 25.8 Å². The van der Waals surface area contributed by atoms with E-state index in [1.54, 1.807) is 0 Å². The standard InChI is InChI=1S/C12H17NO/c1-8-4-9-2-3-10(12(13)7-14)6-11(9)5-8/h2-3,6,8,12,14H,4-5,7,13H2,1H3. The van der Waals surface area contributed by atoms with Gasteiger partial charge in [-0.2, -0.15) is 0 Å². The van der Waals surface area contributed by atoms with Gasteiger partial charge in [-0.15, -0.1) is 0 Å². The van der Waals surface area contributed by atoms with Crippen LogP contribution in [0.25, 0.3) is 0 Å². The van der Waals surface area contributed by atoms with Gasteiger partial charge in [0.1, 0.15) is 0 Å². The molecule has 0 bridgehead atoms. The fourth-order valence-electron chi connectivity index (χ4n) is 2.19. The molecule has 2 unspecified atom stereocenters. The van der Waals surface area contributed by atoms with E-state index in [1.807, 2.05) is 6.07 Å². The SMILES string of the molecule is CC1Cc2ccc(C(N)CO)cc2C1. The van der Waals surface area contributed by atoms with Crippen LogP contribution in [0.3, 0.4) is 0 Å². The zero-order valence-electron chi connectivity index (χ0n) is 8.53. The monoisotopic (exact) mass is 191 g/mol. The molecule has 3 N–H and O–H groups in total. The van der Waals surface area contributed by atoms with Gasteiger partial charge in [-0.05, 0) is 35.4 Å². The van der Waals surface area contributed by atoms with Gasteiger partial charge in [0.2, 0.25) is 0 Å². The zero-order valence-corrected chi connectivity index (χ0v) is 8.53. The molecule has 2 atom stereocenters. The molecule has 1 aliphatic carbocycles. The lowest BCUT2D eigenvalue weighted by Gasteiger charge is -2.10. The van der Waals surface area contributed by atoms with Gasteiger partial charge in [-0.1, -0.05) is 25.1 Å². The van der Waals surface area contributed by atoms with Crippen molar-refractivity contribution in [2.24, 2.45) is 11.7 Å². The third-order valence-electron chi connectivity index (χ3n) is 2.99. The van der Waals surface area contributed by atoms with Crippen LogP contribution in [0, 0.1) is 5.92 Å². The molecule has 0 amide bonds. The van der Waals surface area contributed by atoms with E-state index in [4.69, 9.17) is 10.8 Å². The highest BCUT2D eigenvalue weighted by Gasteiger charge is 2.18. The Morgan fingerprint density at radius 1 is 1.43 bits per heavy atom. The van der Waals surface area contributed by atoms with Crippen LogP contribution < -0.4 is 5.73 Å². The summed E-state index contributed by atoms with van der Waals surface area (Å²) in [5, 5.41) is 8.96. The summed E-state index contributed by atoms with van der Waals surface area (Å²) in [6.07, 6.45) is 2.34. The quantitative estimate of drug-likeness (QED) is 0.742. The molecule has 0 radical (unpaired) electrons. The fraction of sp³-hybridized carbons (Fsp3) is 0.500. The van der Waals surface area contributed by atoms with Gasteiger partial charge in [0.25, 0.3) is 0 Å². The summed E-state index contributed by atoms with van der Waals surface area (Å²) in [5.41, 5.74) is 9.69. The molecule has 0 spiro atoms. The van der Waals surface area contributed by atoms with Gasteiger partial charge in [0, 0.05) is 0 Å². The predicted octanol–water partition coefficient (Wildman–Crippen LogP) is 1.41. The molecule has 1 aromatic carbocycles. The molecule has 0 saturated carbocycles. The highest BCUT2D eigenvalue weighted by molar-refractivity contribution is 5.37. The van der Waals surface area contributed by atoms with Crippen molar-refractivity contribution in [1.29, 1.82) is 0 Å². The van der Waals surface area contributed by atoms with Crippen molar-refractivity contribution in [3.05, 3.63) is 34.9 Å². The van der Waals surface area contributed by atoms with E-state index in [1.165, 1.54) is 17.5 Å². The molecule has 2 nitrogen and oxygen atoms in total. The largest absolute Gasteiger partial charge is 0.394 e. The van der Waals surface area contributed by atoms with Crippen molar-refractivity contribution in [3.63, 3.8) is 0 Å². The number of fused-ring (bicyclic) bond motifs is 1. The van der Waals surface area contributed by atoms with Gasteiger partial charge in [0.05, 0.1) is 12.6 Å². The molecule has 0 heterocycles. The number of aliphatic hydroxyl groups excluding tert-OH is 1. The summed E-state index contributed by atoms with van der Waals surface area (Å²) in [6.45, 7) is 2.29. The second kappa shape index (κ2) is 3.71. The van der Waals surface area contributed by atoms with Crippen LogP contribution in [0.1, 0.15) is 29.7 Å². The van der Waals surface area contributed by atoms with E-state index in [2.05, 4.69) is 19.1 Å². The Bertz CT molecular complexity index is 335. The maximum absolute atomic E-state index is 8.96. The first kappa shape index (κ1) is 9.69. The smallest absolute Gasteiger partial charge is 0.0624 e. The van der Waals surface area contributed by atoms with Gasteiger partial charge in [-0.25, -0.2) is 0 Å². The summed E-state index contributed by atoms with van der Waals surface area (Å²) in [6, 6.07) is 6.12. The molecule has 0 aliphatic heterocycles. The van der Waals surface area contributed by atoms with E-state index < -0.39 is 0 Å². The first-order valence-corrected chi connectivity index (χ1v) is 5.19. The van der Waals surface area contributed by atoms with Gasteiger partial charge in [-0.3, -0.25) is 0 Å². The summed E-state index contributed by atoms with van der Waals surface area (Å²) in [4.78, 5) is 0. The van der Waals surface area contributed by atoms with Gasteiger partial charge >= 0.3 is 0 Å². The van der Waals surface area contributed by atoms with E-state index >= 15 is 0 Å². The van der Waals surface area contributed by atoms with Crippen LogP contribution >= 0.6 is 0 Å². The first-order chi connectivity index (χ1) is 6.70. The van der Waals surface area contributed by atoms with Crippen LogP contribution in [-0.2, 0) is 12.8 Å². The van der Waals surface area contributed by atoms with Crippen molar-refractivity contribution < 1.29 is 5.11 Å². The minimum Gasteiger partial charge on any atom is -0.394 e. The molecule has 1 aromatic rings. The second-order valence-electron chi connectivity index (χ2n) is 4.33. The summed E-state index contributed by atoms with van der Waals surface area (Å²) < 4.78 is 0. The number of hydrogen-bond acceptors (Lipinski definition) is 2. The van der Waals surface area contributed by atoms with E-state index in [9.17, 15) is 0 Å². The van der Waals surface area contributed by atoms with Crippen LogP contribution in [0.15, 0.2) is 18.2 Å². The minimum atomic E-state index is -0.226. The van der Waals surface area contributed by atoms with Crippen LogP contribution in [0.5, 0.6) is 0 Å². The molecule has 2 rings (SSSR count). The number of hydrogen-bond donors (Lipinski definition) is 2. The van der Waals surface area contributed by atoms with Crippen molar-refractivity contribution in [3.8, 4) is 0 Å². The van der Waals surface area contributed by atoms with Gasteiger partial charge < -0.3 is 10.8 Å². The second-order valence-corrected chi connectivity index (χ2v) is 4.33. The highest BCUT2D eigenvalue weighted by Crippen LogP contribution is 2.28. The number of rotatable bonds is 2. The van der Waals surface area contributed by atoms with Crippen molar-refractivity contribution >= 4 is 0 Å². The fourth-order valence-corrected chi connectivity index (χ4v) is 2.19. The zero-order chi connectivity index (χ0) is 10.1. The third kappa shape index (κ3) is 1.68.